The molecule has 2 aliphatic rings. The van der Waals surface area contributed by atoms with E-state index in [1.54, 1.807) is 7.05 Å². The fourth-order valence-electron chi connectivity index (χ4n) is 3.09. The fourth-order valence-corrected chi connectivity index (χ4v) is 3.09. The van der Waals surface area contributed by atoms with Crippen molar-refractivity contribution in [2.45, 2.75) is 89.0 Å². The Bertz CT molecular complexity index is 742. The van der Waals surface area contributed by atoms with Gasteiger partial charge in [0.05, 0.1) is 6.54 Å². The minimum absolute atomic E-state index is 0.0463. The van der Waals surface area contributed by atoms with Crippen molar-refractivity contribution in [1.82, 2.24) is 10.2 Å². The Morgan fingerprint density at radius 1 is 1.11 bits per heavy atom. The highest BCUT2D eigenvalue weighted by Gasteiger charge is 2.39. The third-order valence-corrected chi connectivity index (χ3v) is 6.26. The van der Waals surface area contributed by atoms with Gasteiger partial charge in [-0.25, -0.2) is 0 Å². The summed E-state index contributed by atoms with van der Waals surface area (Å²) in [5.74, 6) is 1.56. The summed E-state index contributed by atoms with van der Waals surface area (Å²) in [4.78, 5) is 35.1. The molecule has 0 saturated carbocycles. The molecule has 3 atom stereocenters. The summed E-state index contributed by atoms with van der Waals surface area (Å²) in [5.41, 5.74) is 7.11. The Kier molecular flexibility index (Phi) is 17.5. The number of likely N-dealkylation sites (N-methyl/N-ethyl adjacent to an activating group) is 1. The van der Waals surface area contributed by atoms with E-state index in [1.807, 2.05) is 19.9 Å². The lowest BCUT2D eigenvalue weighted by Crippen LogP contribution is -2.34. The van der Waals surface area contributed by atoms with E-state index >= 15 is 0 Å². The number of aliphatic hydroxyl groups excluding tert-OH is 1. The first-order valence-corrected chi connectivity index (χ1v) is 13.2. The number of rotatable bonds is 5. The number of carbonyl (C=O) groups is 3. The van der Waals surface area contributed by atoms with E-state index < -0.39 is 0 Å². The lowest BCUT2D eigenvalue weighted by atomic mass is 9.88. The van der Waals surface area contributed by atoms with Crippen molar-refractivity contribution in [3.8, 4) is 0 Å². The number of primary amides is 1. The minimum Gasteiger partial charge on any atom is -0.396 e. The molecule has 4 N–H and O–H groups in total. The molecular formula is C29H55N3O4. The zero-order valence-corrected chi connectivity index (χ0v) is 25.1. The Balaban J connectivity index is 0. The lowest BCUT2D eigenvalue weighted by Gasteiger charge is -2.29. The first kappa shape index (κ1) is 36.2. The Morgan fingerprint density at radius 2 is 1.61 bits per heavy atom. The zero-order valence-electron chi connectivity index (χ0n) is 25.1. The monoisotopic (exact) mass is 509 g/mol. The van der Waals surface area contributed by atoms with Gasteiger partial charge in [0.1, 0.15) is 0 Å². The van der Waals surface area contributed by atoms with Gasteiger partial charge in [-0.15, -0.1) is 0 Å². The van der Waals surface area contributed by atoms with E-state index in [-0.39, 0.29) is 42.0 Å². The van der Waals surface area contributed by atoms with Crippen LogP contribution in [0.15, 0.2) is 23.4 Å². The number of hydrogen-bond acceptors (Lipinski definition) is 5. The van der Waals surface area contributed by atoms with E-state index in [0.29, 0.717) is 18.4 Å². The molecule has 1 saturated heterocycles. The number of allylic oxidation sites excluding steroid dienone is 3. The molecule has 1 aliphatic heterocycles. The maximum Gasteiger partial charge on any atom is 0.236 e. The molecule has 1 aliphatic carbocycles. The van der Waals surface area contributed by atoms with E-state index in [2.05, 4.69) is 73.7 Å². The molecular weight excluding hydrogens is 454 g/mol. The van der Waals surface area contributed by atoms with E-state index in [9.17, 15) is 14.4 Å². The summed E-state index contributed by atoms with van der Waals surface area (Å²) >= 11 is 0. The van der Waals surface area contributed by atoms with Gasteiger partial charge in [0, 0.05) is 30.6 Å². The van der Waals surface area contributed by atoms with Crippen LogP contribution in [0.5, 0.6) is 0 Å². The van der Waals surface area contributed by atoms with Gasteiger partial charge in [0.15, 0.2) is 0 Å². The average Bonchev–Trinajstić information content (AvgIpc) is 2.96. The van der Waals surface area contributed by atoms with Crippen LogP contribution in [-0.2, 0) is 14.4 Å². The summed E-state index contributed by atoms with van der Waals surface area (Å²) in [6.45, 7) is 23.9. The second-order valence-corrected chi connectivity index (χ2v) is 11.8. The Hall–Kier alpha value is -1.99. The van der Waals surface area contributed by atoms with Crippen LogP contribution >= 0.6 is 0 Å². The van der Waals surface area contributed by atoms with E-state index in [1.165, 1.54) is 10.5 Å². The number of imide groups is 1. The summed E-state index contributed by atoms with van der Waals surface area (Å²) in [6.07, 6.45) is 5.46. The lowest BCUT2D eigenvalue weighted by molar-refractivity contribution is -0.137. The molecule has 3 unspecified atom stereocenters. The maximum atomic E-state index is 12.0. The number of aliphatic hydroxyl groups is 1. The second kappa shape index (κ2) is 17.5. The van der Waals surface area contributed by atoms with Crippen LogP contribution in [0, 0.1) is 35.0 Å². The minimum atomic E-state index is -0.322. The van der Waals surface area contributed by atoms with Crippen molar-refractivity contribution in [3.63, 3.8) is 0 Å². The first-order chi connectivity index (χ1) is 16.4. The van der Waals surface area contributed by atoms with Crippen LogP contribution in [0.4, 0.5) is 0 Å². The molecule has 1 fully saturated rings. The van der Waals surface area contributed by atoms with Crippen molar-refractivity contribution >= 4 is 17.7 Å². The molecule has 3 amide bonds. The summed E-state index contributed by atoms with van der Waals surface area (Å²) < 4.78 is 0. The van der Waals surface area contributed by atoms with Crippen molar-refractivity contribution < 1.29 is 19.5 Å². The number of likely N-dealkylation sites (tertiary alicyclic amines) is 1. The second-order valence-electron chi connectivity index (χ2n) is 11.8. The van der Waals surface area contributed by atoms with E-state index in [4.69, 9.17) is 10.8 Å². The summed E-state index contributed by atoms with van der Waals surface area (Å²) in [7, 11) is 1.67. The highest BCUT2D eigenvalue weighted by molar-refractivity contribution is 6.05. The van der Waals surface area contributed by atoms with Crippen LogP contribution in [0.3, 0.4) is 0 Å². The highest BCUT2D eigenvalue weighted by atomic mass is 16.3. The molecule has 7 heteroatoms. The molecule has 0 aromatic heterocycles. The number of nitrogens with zero attached hydrogens (tertiary/aromatic N) is 1. The van der Waals surface area contributed by atoms with Crippen LogP contribution < -0.4 is 11.1 Å². The van der Waals surface area contributed by atoms with Crippen LogP contribution in [0.2, 0.25) is 0 Å². The van der Waals surface area contributed by atoms with Crippen LogP contribution in [0.25, 0.3) is 0 Å². The fraction of sp³-hybridized carbons (Fsp3) is 0.759. The quantitative estimate of drug-likeness (QED) is 0.360. The number of carbonyl (C=O) groups excluding carboxylic acids is 3. The number of nitrogens with one attached hydrogen (secondary N) is 1. The molecule has 0 aromatic rings. The van der Waals surface area contributed by atoms with Crippen LogP contribution in [0.1, 0.15) is 89.0 Å². The van der Waals surface area contributed by atoms with Gasteiger partial charge >= 0.3 is 0 Å². The zero-order chi connectivity index (χ0) is 28.8. The van der Waals surface area contributed by atoms with Gasteiger partial charge in [0.25, 0.3) is 0 Å². The van der Waals surface area contributed by atoms with Gasteiger partial charge in [0.2, 0.25) is 17.7 Å². The van der Waals surface area contributed by atoms with Crippen molar-refractivity contribution in [3.05, 3.63) is 23.4 Å². The molecule has 2 rings (SSSR count). The predicted octanol–water partition coefficient (Wildman–Crippen LogP) is 4.90. The van der Waals surface area contributed by atoms with Crippen molar-refractivity contribution in [2.75, 3.05) is 20.2 Å². The molecule has 7 nitrogen and oxygen atoms in total. The van der Waals surface area contributed by atoms with Gasteiger partial charge in [-0.2, -0.15) is 0 Å². The Morgan fingerprint density at radius 3 is 1.86 bits per heavy atom. The summed E-state index contributed by atoms with van der Waals surface area (Å²) in [6, 6.07) is 0. The predicted molar refractivity (Wildman–Crippen MR) is 150 cm³/mol. The molecule has 0 aromatic carbocycles. The molecule has 36 heavy (non-hydrogen) atoms. The SMILES string of the molecule is CC(C)(C)CCO.CC(C)C(C)C.CC1=CC(C)C=C(N2C(=O)CC(C)C2=O)C1C.CNCC(N)=O. The molecule has 210 valence electrons. The first-order valence-electron chi connectivity index (χ1n) is 13.2. The number of hydrogen-bond donors (Lipinski definition) is 3. The number of amides is 3. The topological polar surface area (TPSA) is 113 Å². The van der Waals surface area contributed by atoms with Crippen molar-refractivity contribution in [2.24, 2.45) is 40.7 Å². The maximum absolute atomic E-state index is 12.0. The molecule has 0 bridgehead atoms. The molecule has 0 radical (unpaired) electrons. The van der Waals surface area contributed by atoms with Crippen LogP contribution in [-0.4, -0.2) is 47.9 Å². The van der Waals surface area contributed by atoms with Gasteiger partial charge < -0.3 is 16.2 Å². The molecule has 1 heterocycles. The molecule has 0 spiro atoms. The highest BCUT2D eigenvalue weighted by Crippen LogP contribution is 2.34. The van der Waals surface area contributed by atoms with Gasteiger partial charge in [-0.3, -0.25) is 19.3 Å². The van der Waals surface area contributed by atoms with Gasteiger partial charge in [-0.1, -0.05) is 87.0 Å². The average molecular weight is 510 g/mol. The summed E-state index contributed by atoms with van der Waals surface area (Å²) in [5, 5.41) is 11.0. The smallest absolute Gasteiger partial charge is 0.236 e. The Labute approximate surface area is 221 Å². The number of nitrogens with two attached hydrogens (primary N) is 1. The normalized spacial score (nSPS) is 21.5. The van der Waals surface area contributed by atoms with Gasteiger partial charge in [-0.05, 0) is 43.6 Å². The third-order valence-electron chi connectivity index (χ3n) is 6.26. The van der Waals surface area contributed by atoms with E-state index in [0.717, 1.165) is 24.0 Å². The van der Waals surface area contributed by atoms with Crippen molar-refractivity contribution in [1.29, 1.82) is 0 Å². The standard InChI is InChI=1S/C14H19NO2.C6H14O.C6H14.C3H8N2O/c1-8-5-9(2)11(4)12(6-8)15-13(16)7-10(3)14(15)17;1-6(2,3)4-5-7;1-5(2)6(3)4;1-5-2-3(4)6/h5-6,8,10-11H,7H2,1-4H3;7H,4-5H2,1-3H3;5-6H,1-4H3;5H,2H2,1H3,(H2,4,6). The largest absolute Gasteiger partial charge is 0.396 e. The third kappa shape index (κ3) is 15.2.